The van der Waals surface area contributed by atoms with Crippen molar-refractivity contribution in [2.24, 2.45) is 11.5 Å². The van der Waals surface area contributed by atoms with E-state index < -0.39 is 24.1 Å². The quantitative estimate of drug-likeness (QED) is 0.290. The molecule has 0 fully saturated rings. The van der Waals surface area contributed by atoms with E-state index in [1.165, 1.54) is 0 Å². The first-order valence-electron chi connectivity index (χ1n) is 4.10. The number of hydrogen-bond acceptors (Lipinski definition) is 6. The van der Waals surface area contributed by atoms with Gasteiger partial charge >= 0.3 is 11.9 Å². The predicted octanol–water partition coefficient (Wildman–Crippen LogP) is -2.83. The number of hydrogen-bond donors (Lipinski definition) is 6. The van der Waals surface area contributed by atoms with Gasteiger partial charge in [-0.05, 0) is 19.5 Å². The lowest BCUT2D eigenvalue weighted by Gasteiger charge is -2.07. The number of carboxylic acids is 2. The Morgan fingerprint density at radius 2 is 1.20 bits per heavy atom. The van der Waals surface area contributed by atoms with E-state index in [-0.39, 0.29) is 0 Å². The minimum absolute atomic E-state index is 0.719. The van der Waals surface area contributed by atoms with Crippen LogP contribution in [0.2, 0.25) is 0 Å². The Morgan fingerprint density at radius 3 is 1.27 bits per heavy atom. The van der Waals surface area contributed by atoms with Crippen molar-refractivity contribution in [3.05, 3.63) is 0 Å². The fraction of sp³-hybridized carbons (Fsp3) is 0.714. The average Bonchev–Trinajstić information content (AvgIpc) is 2.17. The second-order valence-corrected chi connectivity index (χ2v) is 2.50. The zero-order valence-electron chi connectivity index (χ0n) is 8.04. The number of carbonyl (C=O) groups is 2. The van der Waals surface area contributed by atoms with Gasteiger partial charge in [0.2, 0.25) is 0 Å². The van der Waals surface area contributed by atoms with Crippen molar-refractivity contribution in [3.8, 4) is 0 Å². The molecule has 0 aliphatic heterocycles. The lowest BCUT2D eigenvalue weighted by Crippen LogP contribution is -2.39. The van der Waals surface area contributed by atoms with E-state index in [1.54, 1.807) is 0 Å². The Balaban J connectivity index is 0. The minimum Gasteiger partial charge on any atom is -0.479 e. The van der Waals surface area contributed by atoms with Crippen molar-refractivity contribution in [2.75, 3.05) is 13.1 Å². The molecule has 0 saturated carbocycles. The summed E-state index contributed by atoms with van der Waals surface area (Å²) >= 11 is 0. The fourth-order valence-electron chi connectivity index (χ4n) is 0.388. The third kappa shape index (κ3) is 9.09. The van der Waals surface area contributed by atoms with Crippen LogP contribution in [-0.2, 0) is 9.59 Å². The largest absolute Gasteiger partial charge is 0.479 e. The predicted molar refractivity (Wildman–Crippen MR) is 50.0 cm³/mol. The molecule has 90 valence electrons. The molecule has 15 heavy (non-hydrogen) atoms. The molecule has 0 aromatic heterocycles. The molecule has 0 radical (unpaired) electrons. The second-order valence-electron chi connectivity index (χ2n) is 2.50. The van der Waals surface area contributed by atoms with E-state index in [2.05, 4.69) is 0 Å². The molecule has 0 aromatic rings. The van der Waals surface area contributed by atoms with Gasteiger partial charge in [0.25, 0.3) is 0 Å². The van der Waals surface area contributed by atoms with Gasteiger partial charge in [-0.3, -0.25) is 0 Å². The van der Waals surface area contributed by atoms with Crippen molar-refractivity contribution in [3.63, 3.8) is 0 Å². The molecular weight excluding hydrogens is 208 g/mol. The smallest absolute Gasteiger partial charge is 0.335 e. The van der Waals surface area contributed by atoms with Gasteiger partial charge in [-0.25, -0.2) is 9.59 Å². The maximum absolute atomic E-state index is 9.77. The number of carboxylic acid groups (broad SMARTS) is 2. The van der Waals surface area contributed by atoms with Crippen molar-refractivity contribution in [1.29, 1.82) is 0 Å². The molecule has 2 unspecified atom stereocenters. The topological polar surface area (TPSA) is 167 Å². The highest BCUT2D eigenvalue weighted by molar-refractivity contribution is 5.83. The Labute approximate surface area is 86.1 Å². The van der Waals surface area contributed by atoms with E-state index in [4.69, 9.17) is 31.9 Å². The van der Waals surface area contributed by atoms with Crippen LogP contribution >= 0.6 is 0 Å². The first-order chi connectivity index (χ1) is 6.88. The van der Waals surface area contributed by atoms with Gasteiger partial charge < -0.3 is 31.9 Å². The molecule has 0 aliphatic carbocycles. The molecule has 8 nitrogen and oxygen atoms in total. The van der Waals surface area contributed by atoms with Crippen molar-refractivity contribution >= 4 is 11.9 Å². The number of nitrogens with two attached hydrogens (primary N) is 2. The second kappa shape index (κ2) is 9.34. The van der Waals surface area contributed by atoms with Crippen LogP contribution in [0.25, 0.3) is 0 Å². The van der Waals surface area contributed by atoms with E-state index in [9.17, 15) is 9.59 Å². The van der Waals surface area contributed by atoms with Gasteiger partial charge in [0.1, 0.15) is 0 Å². The Bertz CT molecular complexity index is 178. The highest BCUT2D eigenvalue weighted by atomic mass is 16.4. The summed E-state index contributed by atoms with van der Waals surface area (Å²) in [6.45, 7) is 1.44. The van der Waals surface area contributed by atoms with Gasteiger partial charge in [0.15, 0.2) is 12.2 Å². The van der Waals surface area contributed by atoms with E-state index >= 15 is 0 Å². The molecule has 0 saturated heterocycles. The van der Waals surface area contributed by atoms with Crippen molar-refractivity contribution in [1.82, 2.24) is 0 Å². The Kier molecular flexibility index (Phi) is 10.1. The number of aliphatic carboxylic acids is 2. The molecule has 0 spiro atoms. The molecule has 8 N–H and O–H groups in total. The van der Waals surface area contributed by atoms with E-state index in [0.717, 1.165) is 19.5 Å². The molecule has 0 aromatic carbocycles. The van der Waals surface area contributed by atoms with Crippen LogP contribution in [0.1, 0.15) is 6.42 Å². The van der Waals surface area contributed by atoms with Crippen LogP contribution in [-0.4, -0.2) is 57.7 Å². The van der Waals surface area contributed by atoms with E-state index in [0.29, 0.717) is 0 Å². The Hall–Kier alpha value is -1.22. The standard InChI is InChI=1S/C4H6O6.C3H10N2/c5-1(3(7)8)2(6)4(9)10;4-2-1-3-5/h1-2,5-6H,(H,7,8)(H,9,10);1-5H2. The van der Waals surface area contributed by atoms with Crippen LogP contribution in [0.15, 0.2) is 0 Å². The lowest BCUT2D eigenvalue weighted by molar-refractivity contribution is -0.165. The summed E-state index contributed by atoms with van der Waals surface area (Å²) in [7, 11) is 0. The minimum atomic E-state index is -2.27. The van der Waals surface area contributed by atoms with Gasteiger partial charge in [-0.2, -0.15) is 0 Å². The summed E-state index contributed by atoms with van der Waals surface area (Å²) < 4.78 is 0. The third-order valence-electron chi connectivity index (χ3n) is 1.21. The summed E-state index contributed by atoms with van der Waals surface area (Å²) in [5, 5.41) is 32.5. The normalized spacial score (nSPS) is 13.3. The number of aliphatic hydroxyl groups excluding tert-OH is 2. The lowest BCUT2D eigenvalue weighted by atomic mass is 10.2. The summed E-state index contributed by atoms with van der Waals surface area (Å²) in [6, 6.07) is 0. The first-order valence-corrected chi connectivity index (χ1v) is 4.10. The van der Waals surface area contributed by atoms with Crippen LogP contribution in [0.3, 0.4) is 0 Å². The molecule has 0 heterocycles. The monoisotopic (exact) mass is 224 g/mol. The van der Waals surface area contributed by atoms with Gasteiger partial charge in [0.05, 0.1) is 0 Å². The molecule has 0 bridgehead atoms. The zero-order chi connectivity index (χ0) is 12.4. The molecule has 0 aliphatic rings. The van der Waals surface area contributed by atoms with Gasteiger partial charge in [-0.15, -0.1) is 0 Å². The van der Waals surface area contributed by atoms with Crippen LogP contribution in [0, 0.1) is 0 Å². The summed E-state index contributed by atoms with van der Waals surface area (Å²) in [6.07, 6.45) is -3.59. The van der Waals surface area contributed by atoms with Gasteiger partial charge in [0, 0.05) is 0 Å². The summed E-state index contributed by atoms with van der Waals surface area (Å²) in [5.41, 5.74) is 10.1. The SMILES string of the molecule is NCCCN.O=C(O)C(O)C(O)C(=O)O. The molecule has 2 atom stereocenters. The van der Waals surface area contributed by atoms with E-state index in [1.807, 2.05) is 0 Å². The highest BCUT2D eigenvalue weighted by Crippen LogP contribution is 1.92. The average molecular weight is 224 g/mol. The molecular formula is C7H16N2O6. The zero-order valence-corrected chi connectivity index (χ0v) is 8.04. The highest BCUT2D eigenvalue weighted by Gasteiger charge is 2.29. The summed E-state index contributed by atoms with van der Waals surface area (Å²) in [4.78, 5) is 19.5. The van der Waals surface area contributed by atoms with Crippen LogP contribution < -0.4 is 11.5 Å². The van der Waals surface area contributed by atoms with Crippen molar-refractivity contribution < 1.29 is 30.0 Å². The maximum Gasteiger partial charge on any atom is 0.335 e. The first kappa shape index (κ1) is 16.2. The summed E-state index contributed by atoms with van der Waals surface area (Å²) in [5.74, 6) is -3.54. The number of aliphatic hydroxyl groups is 2. The maximum atomic E-state index is 9.77. The van der Waals surface area contributed by atoms with Crippen LogP contribution in [0.4, 0.5) is 0 Å². The fourth-order valence-corrected chi connectivity index (χ4v) is 0.388. The third-order valence-corrected chi connectivity index (χ3v) is 1.21. The van der Waals surface area contributed by atoms with Crippen molar-refractivity contribution in [2.45, 2.75) is 18.6 Å². The Morgan fingerprint density at radius 1 is 0.933 bits per heavy atom. The number of rotatable bonds is 5. The molecule has 0 amide bonds. The molecule has 0 rings (SSSR count). The van der Waals surface area contributed by atoms with Gasteiger partial charge in [-0.1, -0.05) is 0 Å². The molecule has 8 heteroatoms. The van der Waals surface area contributed by atoms with Crippen LogP contribution in [0.5, 0.6) is 0 Å².